The minimum absolute atomic E-state index is 0.0855. The number of anilines is 2. The zero-order valence-corrected chi connectivity index (χ0v) is 15.0. The molecule has 124 valence electrons. The second-order valence-corrected chi connectivity index (χ2v) is 7.35. The zero-order valence-electron chi connectivity index (χ0n) is 14.1. The molecule has 1 aliphatic heterocycles. The fourth-order valence-electron chi connectivity index (χ4n) is 2.80. The maximum Gasteiger partial charge on any atom is 0.252 e. The molecule has 2 heterocycles. The molecule has 0 atom stereocenters. The van der Waals surface area contributed by atoms with Crippen LogP contribution in [0.15, 0.2) is 35.7 Å². The van der Waals surface area contributed by atoms with Gasteiger partial charge in [-0.05, 0) is 38.5 Å². The molecule has 0 radical (unpaired) electrons. The third kappa shape index (κ3) is 2.53. The summed E-state index contributed by atoms with van der Waals surface area (Å²) in [6, 6.07) is 5.91. The molecule has 1 aromatic carbocycles. The van der Waals surface area contributed by atoms with Gasteiger partial charge in [-0.3, -0.25) is 14.9 Å². The summed E-state index contributed by atoms with van der Waals surface area (Å²) < 4.78 is 0. The summed E-state index contributed by atoms with van der Waals surface area (Å²) in [5, 5.41) is 5.15. The summed E-state index contributed by atoms with van der Waals surface area (Å²) in [7, 11) is 1.80. The van der Waals surface area contributed by atoms with E-state index < -0.39 is 5.41 Å². The van der Waals surface area contributed by atoms with Gasteiger partial charge in [0.15, 0.2) is 5.13 Å². The maximum absolute atomic E-state index is 12.4. The highest BCUT2D eigenvalue weighted by atomic mass is 32.1. The lowest BCUT2D eigenvalue weighted by Crippen LogP contribution is -2.33. The van der Waals surface area contributed by atoms with E-state index in [1.54, 1.807) is 18.9 Å². The number of fused-ring (bicyclic) bond motifs is 1. The van der Waals surface area contributed by atoms with Crippen molar-refractivity contribution in [3.63, 3.8) is 0 Å². The van der Waals surface area contributed by atoms with E-state index in [1.807, 2.05) is 37.4 Å². The van der Waals surface area contributed by atoms with Crippen molar-refractivity contribution in [3.8, 4) is 11.3 Å². The summed E-state index contributed by atoms with van der Waals surface area (Å²) in [6.45, 7) is 9.13. The van der Waals surface area contributed by atoms with Crippen LogP contribution in [0.1, 0.15) is 26.3 Å². The Hall–Kier alpha value is -2.47. The highest BCUT2D eigenvalue weighted by Crippen LogP contribution is 2.42. The second kappa shape index (κ2) is 5.56. The largest absolute Gasteiger partial charge is 0.314 e. The van der Waals surface area contributed by atoms with Gasteiger partial charge in [-0.25, -0.2) is 4.98 Å². The van der Waals surface area contributed by atoms with Crippen molar-refractivity contribution in [2.75, 3.05) is 17.3 Å². The number of hydrogen-bond donors (Lipinski definition) is 1. The van der Waals surface area contributed by atoms with Gasteiger partial charge in [0.25, 0.3) is 5.91 Å². The minimum Gasteiger partial charge on any atom is -0.314 e. The molecule has 5 nitrogen and oxygen atoms in total. The van der Waals surface area contributed by atoms with Crippen LogP contribution in [0, 0.1) is 0 Å². The predicted molar refractivity (Wildman–Crippen MR) is 97.4 cm³/mol. The number of rotatable bonds is 3. The van der Waals surface area contributed by atoms with E-state index in [9.17, 15) is 9.59 Å². The molecule has 0 aliphatic carbocycles. The molecule has 0 bridgehead atoms. The fourth-order valence-corrected chi connectivity index (χ4v) is 3.51. The smallest absolute Gasteiger partial charge is 0.252 e. The van der Waals surface area contributed by atoms with E-state index in [4.69, 9.17) is 0 Å². The summed E-state index contributed by atoms with van der Waals surface area (Å²) in [5.41, 5.74) is 3.52. The van der Waals surface area contributed by atoms with Gasteiger partial charge in [0.1, 0.15) is 0 Å². The van der Waals surface area contributed by atoms with E-state index >= 15 is 0 Å². The van der Waals surface area contributed by atoms with E-state index in [-0.39, 0.29) is 11.8 Å². The van der Waals surface area contributed by atoms with Gasteiger partial charge >= 0.3 is 0 Å². The van der Waals surface area contributed by atoms with Crippen molar-refractivity contribution < 1.29 is 9.59 Å². The average Bonchev–Trinajstić information content (AvgIpc) is 3.06. The number of nitrogens with one attached hydrogen (secondary N) is 1. The lowest BCUT2D eigenvalue weighted by atomic mass is 9.85. The standard InChI is InChI=1S/C18H19N3O2S/c1-10(2)15(22)20-17-19-13(9-24-17)11-6-7-14-12(8-11)18(3,4)16(23)21(14)5/h6-9H,1H2,2-5H3,(H,19,20,22). The molecule has 0 fully saturated rings. The zero-order chi connectivity index (χ0) is 17.6. The first-order valence-electron chi connectivity index (χ1n) is 7.57. The summed E-state index contributed by atoms with van der Waals surface area (Å²) in [6.07, 6.45) is 0. The Kier molecular flexibility index (Phi) is 3.80. The Morgan fingerprint density at radius 2 is 2.08 bits per heavy atom. The van der Waals surface area contributed by atoms with Crippen molar-refractivity contribution in [1.82, 2.24) is 4.98 Å². The van der Waals surface area contributed by atoms with Crippen LogP contribution in [0.25, 0.3) is 11.3 Å². The predicted octanol–water partition coefficient (Wildman–Crippen LogP) is 3.58. The van der Waals surface area contributed by atoms with Gasteiger partial charge in [0.2, 0.25) is 5.91 Å². The average molecular weight is 341 g/mol. The maximum atomic E-state index is 12.4. The van der Waals surface area contributed by atoms with Crippen LogP contribution in [0.3, 0.4) is 0 Å². The monoisotopic (exact) mass is 341 g/mol. The van der Waals surface area contributed by atoms with Crippen LogP contribution in [0.5, 0.6) is 0 Å². The molecule has 6 heteroatoms. The van der Waals surface area contributed by atoms with Crippen LogP contribution in [-0.4, -0.2) is 23.8 Å². The molecule has 0 spiro atoms. The van der Waals surface area contributed by atoms with Crippen molar-refractivity contribution in [1.29, 1.82) is 0 Å². The van der Waals surface area contributed by atoms with Gasteiger partial charge < -0.3 is 4.90 Å². The molecule has 0 saturated heterocycles. The number of thiazole rings is 1. The van der Waals surface area contributed by atoms with E-state index in [2.05, 4.69) is 16.9 Å². The molecule has 1 aliphatic rings. The van der Waals surface area contributed by atoms with Gasteiger partial charge in [-0.2, -0.15) is 0 Å². The third-order valence-corrected chi connectivity index (χ3v) is 5.04. The number of amides is 2. The van der Waals surface area contributed by atoms with Crippen LogP contribution in [-0.2, 0) is 15.0 Å². The number of likely N-dealkylation sites (N-methyl/N-ethyl adjacent to an activating group) is 1. The van der Waals surface area contributed by atoms with Gasteiger partial charge in [-0.1, -0.05) is 12.6 Å². The second-order valence-electron chi connectivity index (χ2n) is 6.49. The fraction of sp³-hybridized carbons (Fsp3) is 0.278. The molecular weight excluding hydrogens is 322 g/mol. The molecule has 2 aromatic rings. The van der Waals surface area contributed by atoms with E-state index in [0.717, 1.165) is 22.5 Å². The highest BCUT2D eigenvalue weighted by molar-refractivity contribution is 7.14. The van der Waals surface area contributed by atoms with Crippen LogP contribution in [0.2, 0.25) is 0 Å². The molecule has 1 aromatic heterocycles. The quantitative estimate of drug-likeness (QED) is 0.868. The highest BCUT2D eigenvalue weighted by Gasteiger charge is 2.42. The van der Waals surface area contributed by atoms with Crippen LogP contribution >= 0.6 is 11.3 Å². The molecule has 0 saturated carbocycles. The number of carbonyl (C=O) groups is 2. The van der Waals surface area contributed by atoms with E-state index in [1.165, 1.54) is 11.3 Å². The topological polar surface area (TPSA) is 62.3 Å². The van der Waals surface area contributed by atoms with E-state index in [0.29, 0.717) is 10.7 Å². The first-order chi connectivity index (χ1) is 11.2. The molecule has 1 N–H and O–H groups in total. The summed E-state index contributed by atoms with van der Waals surface area (Å²) in [4.78, 5) is 30.2. The number of aromatic nitrogens is 1. The Morgan fingerprint density at radius 3 is 2.75 bits per heavy atom. The Bertz CT molecular complexity index is 867. The lowest BCUT2D eigenvalue weighted by Gasteiger charge is -2.16. The first-order valence-corrected chi connectivity index (χ1v) is 8.45. The Labute approximate surface area is 145 Å². The van der Waals surface area contributed by atoms with Crippen LogP contribution < -0.4 is 10.2 Å². The lowest BCUT2D eigenvalue weighted by molar-refractivity contribution is -0.121. The van der Waals surface area contributed by atoms with Gasteiger partial charge in [-0.15, -0.1) is 11.3 Å². The molecule has 24 heavy (non-hydrogen) atoms. The van der Waals surface area contributed by atoms with Crippen molar-refractivity contribution in [3.05, 3.63) is 41.3 Å². The molecule has 2 amide bonds. The minimum atomic E-state index is -0.548. The number of hydrogen-bond acceptors (Lipinski definition) is 4. The summed E-state index contributed by atoms with van der Waals surface area (Å²) >= 11 is 1.36. The van der Waals surface area contributed by atoms with Gasteiger partial charge in [0.05, 0.1) is 11.1 Å². The van der Waals surface area contributed by atoms with Gasteiger partial charge in [0, 0.05) is 29.3 Å². The normalized spacial score (nSPS) is 15.3. The van der Waals surface area contributed by atoms with Crippen molar-refractivity contribution in [2.24, 2.45) is 0 Å². The molecular formula is C18H19N3O2S. The molecule has 3 rings (SSSR count). The number of carbonyl (C=O) groups excluding carboxylic acids is 2. The first kappa shape index (κ1) is 16.4. The Balaban J connectivity index is 1.94. The molecule has 0 unspecified atom stereocenters. The van der Waals surface area contributed by atoms with Crippen molar-refractivity contribution >= 4 is 34.0 Å². The number of nitrogens with zero attached hydrogens (tertiary/aromatic N) is 2. The SMILES string of the molecule is C=C(C)C(=O)Nc1nc(-c2ccc3c(c2)C(C)(C)C(=O)N3C)cs1. The van der Waals surface area contributed by atoms with Crippen molar-refractivity contribution in [2.45, 2.75) is 26.2 Å². The third-order valence-electron chi connectivity index (χ3n) is 4.28. The Morgan fingerprint density at radius 1 is 1.38 bits per heavy atom. The van der Waals surface area contributed by atoms with Crippen LogP contribution in [0.4, 0.5) is 10.8 Å². The summed E-state index contributed by atoms with van der Waals surface area (Å²) in [5.74, 6) is -0.152. The number of benzene rings is 1.